The number of nitrogens with one attached hydrogen (secondary N) is 1. The van der Waals surface area contributed by atoms with Crippen molar-refractivity contribution in [1.29, 1.82) is 0 Å². The molecule has 0 unspecified atom stereocenters. The molecule has 2 aromatic rings. The number of nitrogens with zero attached hydrogens (tertiary/aromatic N) is 3. The molecule has 0 radical (unpaired) electrons. The maximum atomic E-state index is 12.0. The van der Waals surface area contributed by atoms with Gasteiger partial charge in [-0.25, -0.2) is 0 Å². The minimum atomic E-state index is -0.183. The van der Waals surface area contributed by atoms with Gasteiger partial charge < -0.3 is 10.6 Å². The highest BCUT2D eigenvalue weighted by molar-refractivity contribution is 5.91. The van der Waals surface area contributed by atoms with E-state index in [0.717, 1.165) is 11.1 Å². The van der Waals surface area contributed by atoms with Crippen LogP contribution in [0.5, 0.6) is 0 Å². The summed E-state index contributed by atoms with van der Waals surface area (Å²) < 4.78 is 0. The lowest BCUT2D eigenvalue weighted by Crippen LogP contribution is -2.26. The van der Waals surface area contributed by atoms with Crippen LogP contribution in [0, 0.1) is 11.8 Å². The molecule has 0 saturated carbocycles. The lowest BCUT2D eigenvalue weighted by atomic mass is 10.1. The van der Waals surface area contributed by atoms with Gasteiger partial charge in [0.25, 0.3) is 5.91 Å². The van der Waals surface area contributed by atoms with Crippen molar-refractivity contribution >= 4 is 5.91 Å². The van der Waals surface area contributed by atoms with Crippen LogP contribution in [-0.4, -0.2) is 39.8 Å². The van der Waals surface area contributed by atoms with Crippen molar-refractivity contribution in [2.24, 2.45) is 5.73 Å². The maximum absolute atomic E-state index is 12.0. The predicted octanol–water partition coefficient (Wildman–Crippen LogP) is 0.387. The number of hydrogen-bond acceptors (Lipinski definition) is 4. The molecule has 20 heavy (non-hydrogen) atoms. The number of carbonyl (C=O) groups is 1. The molecule has 0 aliphatic rings. The van der Waals surface area contributed by atoms with Gasteiger partial charge in [0, 0.05) is 19.2 Å². The van der Waals surface area contributed by atoms with Crippen LogP contribution in [-0.2, 0) is 6.54 Å². The number of carbonyl (C=O) groups excluding carboxylic acids is 1. The molecule has 6 nitrogen and oxygen atoms in total. The first-order valence-electron chi connectivity index (χ1n) is 6.10. The zero-order valence-electron chi connectivity index (χ0n) is 11.1. The van der Waals surface area contributed by atoms with Crippen LogP contribution in [0.25, 0.3) is 0 Å². The average molecular weight is 269 g/mol. The number of rotatable bonds is 3. The fourth-order valence-electron chi connectivity index (χ4n) is 1.75. The SMILES string of the molecule is CN(Cc1cccc(C#CCN)c1)C(=O)c1cn[nH]n1. The van der Waals surface area contributed by atoms with Crippen molar-refractivity contribution in [3.05, 3.63) is 47.3 Å². The first-order valence-corrected chi connectivity index (χ1v) is 6.10. The maximum Gasteiger partial charge on any atom is 0.276 e. The van der Waals surface area contributed by atoms with E-state index in [-0.39, 0.29) is 5.91 Å². The molecule has 0 atom stereocenters. The van der Waals surface area contributed by atoms with E-state index in [1.165, 1.54) is 6.20 Å². The molecule has 0 bridgehead atoms. The molecule has 3 N–H and O–H groups in total. The van der Waals surface area contributed by atoms with Crippen molar-refractivity contribution < 1.29 is 4.79 Å². The Labute approximate surface area is 117 Å². The van der Waals surface area contributed by atoms with E-state index in [1.54, 1.807) is 11.9 Å². The van der Waals surface area contributed by atoms with E-state index in [1.807, 2.05) is 24.3 Å². The molecular weight excluding hydrogens is 254 g/mol. The number of nitrogens with two attached hydrogens (primary N) is 1. The standard InChI is InChI=1S/C14H15N5O/c1-19(14(20)13-9-16-18-17-13)10-12-5-2-4-11(8-12)6-3-7-15/h2,4-5,8-9H,7,10,15H2,1H3,(H,16,17,18). The Kier molecular flexibility index (Phi) is 4.47. The Morgan fingerprint density at radius 1 is 1.50 bits per heavy atom. The van der Waals surface area contributed by atoms with E-state index in [0.29, 0.717) is 18.8 Å². The van der Waals surface area contributed by atoms with E-state index in [9.17, 15) is 4.79 Å². The second kappa shape index (κ2) is 6.50. The molecule has 6 heteroatoms. The topological polar surface area (TPSA) is 87.9 Å². The number of aromatic nitrogens is 3. The van der Waals surface area contributed by atoms with E-state index < -0.39 is 0 Å². The molecule has 0 aliphatic carbocycles. The van der Waals surface area contributed by atoms with Crippen LogP contribution < -0.4 is 5.73 Å². The third-order valence-electron chi connectivity index (χ3n) is 2.66. The van der Waals surface area contributed by atoms with Crippen LogP contribution in [0.1, 0.15) is 21.6 Å². The molecule has 0 fully saturated rings. The Morgan fingerprint density at radius 3 is 3.05 bits per heavy atom. The lowest BCUT2D eigenvalue weighted by Gasteiger charge is -2.15. The molecule has 1 aromatic heterocycles. The third kappa shape index (κ3) is 3.43. The van der Waals surface area contributed by atoms with E-state index in [4.69, 9.17) is 5.73 Å². The summed E-state index contributed by atoms with van der Waals surface area (Å²) in [4.78, 5) is 13.6. The van der Waals surface area contributed by atoms with Crippen LogP contribution in [0.2, 0.25) is 0 Å². The normalized spacial score (nSPS) is 9.70. The van der Waals surface area contributed by atoms with Gasteiger partial charge in [-0.05, 0) is 17.7 Å². The van der Waals surface area contributed by atoms with Gasteiger partial charge in [-0.15, -0.1) is 0 Å². The molecular formula is C14H15N5O. The summed E-state index contributed by atoms with van der Waals surface area (Å²) in [5, 5.41) is 9.82. The third-order valence-corrected chi connectivity index (χ3v) is 2.66. The minimum absolute atomic E-state index is 0.183. The summed E-state index contributed by atoms with van der Waals surface area (Å²) in [5.74, 6) is 5.59. The summed E-state index contributed by atoms with van der Waals surface area (Å²) >= 11 is 0. The first kappa shape index (κ1) is 13.8. The molecule has 1 heterocycles. The van der Waals surface area contributed by atoms with E-state index >= 15 is 0 Å². The van der Waals surface area contributed by atoms with Crippen molar-refractivity contribution in [2.75, 3.05) is 13.6 Å². The molecule has 0 saturated heterocycles. The van der Waals surface area contributed by atoms with Gasteiger partial charge in [-0.2, -0.15) is 15.4 Å². The van der Waals surface area contributed by atoms with Crippen LogP contribution >= 0.6 is 0 Å². The average Bonchev–Trinajstić information content (AvgIpc) is 2.98. The van der Waals surface area contributed by atoms with Gasteiger partial charge in [-0.3, -0.25) is 4.79 Å². The highest BCUT2D eigenvalue weighted by atomic mass is 16.2. The summed E-state index contributed by atoms with van der Waals surface area (Å²) in [6.45, 7) is 0.804. The number of amides is 1. The Hall–Kier alpha value is -2.65. The van der Waals surface area contributed by atoms with Gasteiger partial charge in [0.05, 0.1) is 12.7 Å². The van der Waals surface area contributed by atoms with Crippen molar-refractivity contribution in [1.82, 2.24) is 20.3 Å². The summed E-state index contributed by atoms with van der Waals surface area (Å²) in [6, 6.07) is 7.70. The second-order valence-corrected chi connectivity index (χ2v) is 4.22. The molecule has 2 rings (SSSR count). The highest BCUT2D eigenvalue weighted by Gasteiger charge is 2.14. The number of aromatic amines is 1. The zero-order chi connectivity index (χ0) is 14.4. The summed E-state index contributed by atoms with van der Waals surface area (Å²) in [6.07, 6.45) is 1.40. The predicted molar refractivity (Wildman–Crippen MR) is 74.6 cm³/mol. The zero-order valence-corrected chi connectivity index (χ0v) is 11.1. The monoisotopic (exact) mass is 269 g/mol. The van der Waals surface area contributed by atoms with Crippen LogP contribution in [0.4, 0.5) is 0 Å². The van der Waals surface area contributed by atoms with Crippen LogP contribution in [0.15, 0.2) is 30.5 Å². The van der Waals surface area contributed by atoms with Crippen molar-refractivity contribution in [2.45, 2.75) is 6.54 Å². The minimum Gasteiger partial charge on any atom is -0.336 e. The summed E-state index contributed by atoms with van der Waals surface area (Å²) in [5.41, 5.74) is 7.52. The van der Waals surface area contributed by atoms with Crippen molar-refractivity contribution in [3.63, 3.8) is 0 Å². The number of H-pyrrole nitrogens is 1. The largest absolute Gasteiger partial charge is 0.336 e. The van der Waals surface area contributed by atoms with Crippen molar-refractivity contribution in [3.8, 4) is 11.8 Å². The Bertz CT molecular complexity index is 639. The van der Waals surface area contributed by atoms with E-state index in [2.05, 4.69) is 27.3 Å². The number of benzene rings is 1. The molecule has 1 aromatic carbocycles. The molecule has 102 valence electrons. The molecule has 0 aliphatic heterocycles. The van der Waals surface area contributed by atoms with Gasteiger partial charge in [-0.1, -0.05) is 24.0 Å². The smallest absolute Gasteiger partial charge is 0.276 e. The Balaban J connectivity index is 2.08. The van der Waals surface area contributed by atoms with Gasteiger partial charge in [0.1, 0.15) is 0 Å². The fourth-order valence-corrected chi connectivity index (χ4v) is 1.75. The second-order valence-electron chi connectivity index (χ2n) is 4.22. The lowest BCUT2D eigenvalue weighted by molar-refractivity contribution is 0.0779. The number of hydrogen-bond donors (Lipinski definition) is 2. The van der Waals surface area contributed by atoms with Gasteiger partial charge in [0.15, 0.2) is 5.69 Å². The summed E-state index contributed by atoms with van der Waals surface area (Å²) in [7, 11) is 1.72. The highest BCUT2D eigenvalue weighted by Crippen LogP contribution is 2.08. The quantitative estimate of drug-likeness (QED) is 0.789. The first-order chi connectivity index (χ1) is 9.70. The molecule has 1 amide bonds. The molecule has 0 spiro atoms. The Morgan fingerprint density at radius 2 is 2.35 bits per heavy atom. The fraction of sp³-hybridized carbons (Fsp3) is 0.214. The van der Waals surface area contributed by atoms with Crippen LogP contribution in [0.3, 0.4) is 0 Å². The van der Waals surface area contributed by atoms with Gasteiger partial charge >= 0.3 is 0 Å². The van der Waals surface area contributed by atoms with Gasteiger partial charge in [0.2, 0.25) is 0 Å².